The SMILES string of the molecule is Cc1ccc(CN2CC[C@@H]3[C@@H](C[C@H](CN4CCCC4)N3C)C2)s1. The molecule has 0 aromatic carbocycles. The first-order chi connectivity index (χ1) is 11.2. The number of thiophene rings is 1. The maximum Gasteiger partial charge on any atom is 0.0328 e. The summed E-state index contributed by atoms with van der Waals surface area (Å²) >= 11 is 1.97. The van der Waals surface area contributed by atoms with Crippen molar-refractivity contribution in [2.45, 2.75) is 51.2 Å². The van der Waals surface area contributed by atoms with E-state index >= 15 is 0 Å². The van der Waals surface area contributed by atoms with Crippen LogP contribution in [0.1, 0.15) is 35.4 Å². The van der Waals surface area contributed by atoms with Gasteiger partial charge in [0.15, 0.2) is 0 Å². The molecule has 1 aromatic rings. The molecule has 3 nitrogen and oxygen atoms in total. The van der Waals surface area contributed by atoms with E-state index in [9.17, 15) is 0 Å². The van der Waals surface area contributed by atoms with E-state index in [1.165, 1.54) is 69.8 Å². The highest BCUT2D eigenvalue weighted by Gasteiger charge is 2.42. The Labute approximate surface area is 145 Å². The van der Waals surface area contributed by atoms with Gasteiger partial charge in [-0.3, -0.25) is 9.80 Å². The van der Waals surface area contributed by atoms with E-state index in [4.69, 9.17) is 0 Å². The first-order valence-electron chi connectivity index (χ1n) is 9.41. The van der Waals surface area contributed by atoms with Crippen molar-refractivity contribution in [3.05, 3.63) is 21.9 Å². The van der Waals surface area contributed by atoms with E-state index < -0.39 is 0 Å². The van der Waals surface area contributed by atoms with E-state index in [2.05, 4.69) is 40.8 Å². The number of aryl methyl sites for hydroxylation is 1. The van der Waals surface area contributed by atoms with Crippen LogP contribution in [0.3, 0.4) is 0 Å². The second kappa shape index (κ2) is 6.83. The van der Waals surface area contributed by atoms with Crippen molar-refractivity contribution in [3.8, 4) is 0 Å². The molecule has 0 radical (unpaired) electrons. The van der Waals surface area contributed by atoms with E-state index in [1.807, 2.05) is 11.3 Å². The first-order valence-corrected chi connectivity index (χ1v) is 10.2. The quantitative estimate of drug-likeness (QED) is 0.838. The maximum absolute atomic E-state index is 2.73. The number of nitrogens with zero attached hydrogens (tertiary/aromatic N) is 3. The fourth-order valence-electron chi connectivity index (χ4n) is 5.05. The summed E-state index contributed by atoms with van der Waals surface area (Å²) in [4.78, 5) is 11.1. The van der Waals surface area contributed by atoms with E-state index in [0.717, 1.165) is 18.0 Å². The molecule has 0 amide bonds. The molecule has 3 atom stereocenters. The van der Waals surface area contributed by atoms with Crippen LogP contribution in [0.2, 0.25) is 0 Å². The summed E-state index contributed by atoms with van der Waals surface area (Å²) in [6.07, 6.45) is 5.61. The van der Waals surface area contributed by atoms with E-state index in [0.29, 0.717) is 0 Å². The summed E-state index contributed by atoms with van der Waals surface area (Å²) in [5.41, 5.74) is 0. The molecule has 1 aromatic heterocycles. The third-order valence-corrected chi connectivity index (χ3v) is 7.28. The van der Waals surface area contributed by atoms with Crippen LogP contribution in [0.5, 0.6) is 0 Å². The Morgan fingerprint density at radius 3 is 2.70 bits per heavy atom. The molecule has 3 aliphatic rings. The van der Waals surface area contributed by atoms with Crippen molar-refractivity contribution >= 4 is 11.3 Å². The normalized spacial score (nSPS) is 33.4. The number of likely N-dealkylation sites (tertiary alicyclic amines) is 3. The highest BCUT2D eigenvalue weighted by Crippen LogP contribution is 2.35. The van der Waals surface area contributed by atoms with Gasteiger partial charge in [-0.1, -0.05) is 0 Å². The smallest absolute Gasteiger partial charge is 0.0328 e. The minimum atomic E-state index is 0.798. The molecule has 128 valence electrons. The highest BCUT2D eigenvalue weighted by molar-refractivity contribution is 7.11. The summed E-state index contributed by atoms with van der Waals surface area (Å²) in [5.74, 6) is 0.891. The summed E-state index contributed by atoms with van der Waals surface area (Å²) in [6, 6.07) is 6.22. The minimum Gasteiger partial charge on any atom is -0.302 e. The topological polar surface area (TPSA) is 9.72 Å². The summed E-state index contributed by atoms with van der Waals surface area (Å²) < 4.78 is 0. The van der Waals surface area contributed by atoms with Gasteiger partial charge in [0, 0.05) is 48.0 Å². The van der Waals surface area contributed by atoms with Crippen LogP contribution in [0.25, 0.3) is 0 Å². The predicted octanol–water partition coefficient (Wildman–Crippen LogP) is 3.05. The van der Waals surface area contributed by atoms with E-state index in [1.54, 1.807) is 4.88 Å². The average Bonchev–Trinajstić information content (AvgIpc) is 3.24. The van der Waals surface area contributed by atoms with Crippen molar-refractivity contribution in [1.29, 1.82) is 0 Å². The third kappa shape index (κ3) is 3.51. The Balaban J connectivity index is 1.34. The molecule has 3 aliphatic heterocycles. The number of piperidine rings is 1. The van der Waals surface area contributed by atoms with Gasteiger partial charge in [0.2, 0.25) is 0 Å². The molecular weight excluding hydrogens is 302 g/mol. The maximum atomic E-state index is 2.73. The fraction of sp³-hybridized carbons (Fsp3) is 0.789. The molecule has 4 heterocycles. The zero-order chi connectivity index (χ0) is 15.8. The van der Waals surface area contributed by atoms with Gasteiger partial charge < -0.3 is 4.90 Å². The molecule has 0 unspecified atom stereocenters. The Morgan fingerprint density at radius 2 is 1.96 bits per heavy atom. The fourth-order valence-corrected chi connectivity index (χ4v) is 5.98. The number of fused-ring (bicyclic) bond motifs is 1. The molecule has 0 spiro atoms. The van der Waals surface area contributed by atoms with Crippen molar-refractivity contribution < 1.29 is 0 Å². The van der Waals surface area contributed by atoms with Crippen molar-refractivity contribution in [1.82, 2.24) is 14.7 Å². The largest absolute Gasteiger partial charge is 0.302 e. The zero-order valence-electron chi connectivity index (χ0n) is 14.7. The van der Waals surface area contributed by atoms with Crippen LogP contribution in [0, 0.1) is 12.8 Å². The Bertz CT molecular complexity index is 522. The van der Waals surface area contributed by atoms with Gasteiger partial charge >= 0.3 is 0 Å². The van der Waals surface area contributed by atoms with Crippen LogP contribution < -0.4 is 0 Å². The molecular formula is C19H31N3S. The molecule has 4 heteroatoms. The number of hydrogen-bond donors (Lipinski definition) is 0. The van der Waals surface area contributed by atoms with Gasteiger partial charge in [-0.25, -0.2) is 0 Å². The molecule has 3 fully saturated rings. The average molecular weight is 334 g/mol. The predicted molar refractivity (Wildman–Crippen MR) is 98.1 cm³/mol. The van der Waals surface area contributed by atoms with Gasteiger partial charge in [0.25, 0.3) is 0 Å². The Hall–Kier alpha value is -0.420. The number of hydrogen-bond acceptors (Lipinski definition) is 4. The second-order valence-electron chi connectivity index (χ2n) is 7.93. The van der Waals surface area contributed by atoms with Crippen molar-refractivity contribution in [2.24, 2.45) is 5.92 Å². The van der Waals surface area contributed by atoms with E-state index in [-0.39, 0.29) is 0 Å². The molecule has 0 bridgehead atoms. The standard InChI is InChI=1S/C19H31N3S/c1-15-5-6-18(23-15)14-22-10-7-19-16(12-22)11-17(20(19)2)13-21-8-3-4-9-21/h5-6,16-17,19H,3-4,7-14H2,1-2H3/t16-,17+,19+/m0/s1. The summed E-state index contributed by atoms with van der Waals surface area (Å²) in [7, 11) is 2.39. The van der Waals surface area contributed by atoms with Crippen LogP contribution in [0.15, 0.2) is 12.1 Å². The minimum absolute atomic E-state index is 0.798. The second-order valence-corrected chi connectivity index (χ2v) is 9.30. The van der Waals surface area contributed by atoms with Gasteiger partial charge in [-0.05, 0) is 70.8 Å². The van der Waals surface area contributed by atoms with Crippen LogP contribution in [-0.4, -0.2) is 66.6 Å². The van der Waals surface area contributed by atoms with Crippen LogP contribution in [0.4, 0.5) is 0 Å². The lowest BCUT2D eigenvalue weighted by Crippen LogP contribution is -2.46. The van der Waals surface area contributed by atoms with Gasteiger partial charge in [-0.15, -0.1) is 11.3 Å². The van der Waals surface area contributed by atoms with Gasteiger partial charge in [0.1, 0.15) is 0 Å². The lowest BCUT2D eigenvalue weighted by Gasteiger charge is -2.37. The lowest BCUT2D eigenvalue weighted by atomic mass is 9.92. The molecule has 3 saturated heterocycles. The molecule has 0 saturated carbocycles. The van der Waals surface area contributed by atoms with Crippen LogP contribution in [-0.2, 0) is 6.54 Å². The van der Waals surface area contributed by atoms with Crippen molar-refractivity contribution in [3.63, 3.8) is 0 Å². The Kier molecular flexibility index (Phi) is 4.77. The summed E-state index contributed by atoms with van der Waals surface area (Å²) in [6.45, 7) is 9.96. The molecule has 0 N–H and O–H groups in total. The Morgan fingerprint density at radius 1 is 1.13 bits per heavy atom. The lowest BCUT2D eigenvalue weighted by molar-refractivity contribution is 0.107. The molecule has 23 heavy (non-hydrogen) atoms. The van der Waals surface area contributed by atoms with Gasteiger partial charge in [0.05, 0.1) is 0 Å². The van der Waals surface area contributed by atoms with Crippen molar-refractivity contribution in [2.75, 3.05) is 39.8 Å². The molecule has 0 aliphatic carbocycles. The van der Waals surface area contributed by atoms with Crippen LogP contribution >= 0.6 is 11.3 Å². The monoisotopic (exact) mass is 333 g/mol. The first kappa shape index (κ1) is 16.1. The number of rotatable bonds is 4. The third-order valence-electron chi connectivity index (χ3n) is 6.29. The van der Waals surface area contributed by atoms with Gasteiger partial charge in [-0.2, -0.15) is 0 Å². The zero-order valence-corrected chi connectivity index (χ0v) is 15.5. The number of likely N-dealkylation sites (N-methyl/N-ethyl adjacent to an activating group) is 1. The highest BCUT2D eigenvalue weighted by atomic mass is 32.1. The summed E-state index contributed by atoms with van der Waals surface area (Å²) in [5, 5.41) is 0. The molecule has 4 rings (SSSR count).